The molecule has 0 amide bonds. The third-order valence-electron chi connectivity index (χ3n) is 4.15. The van der Waals surface area contributed by atoms with Crippen molar-refractivity contribution in [2.45, 2.75) is 13.8 Å². The topological polar surface area (TPSA) is 58.6 Å². The van der Waals surface area contributed by atoms with Crippen LogP contribution in [0.2, 0.25) is 0 Å². The van der Waals surface area contributed by atoms with Crippen LogP contribution in [0.15, 0.2) is 36.5 Å². The molecule has 1 saturated heterocycles. The molecular formula is C18H22N4O2. The van der Waals surface area contributed by atoms with Crippen molar-refractivity contribution < 1.29 is 9.53 Å². The SMILES string of the molecule is CCOC(=O)c1cnc(N2CCN(c3ccccc3)CC2)nc1C. The Morgan fingerprint density at radius 2 is 1.79 bits per heavy atom. The van der Waals surface area contributed by atoms with Gasteiger partial charge in [0.2, 0.25) is 5.95 Å². The Labute approximate surface area is 142 Å². The molecule has 2 heterocycles. The molecule has 0 atom stereocenters. The molecule has 0 bridgehead atoms. The number of esters is 1. The number of aryl methyl sites for hydroxylation is 1. The largest absolute Gasteiger partial charge is 0.462 e. The molecule has 6 heteroatoms. The van der Waals surface area contributed by atoms with Crippen molar-refractivity contribution in [1.82, 2.24) is 9.97 Å². The molecule has 2 aromatic rings. The second-order valence-electron chi connectivity index (χ2n) is 5.70. The van der Waals surface area contributed by atoms with Crippen LogP contribution in [0.5, 0.6) is 0 Å². The molecule has 24 heavy (non-hydrogen) atoms. The van der Waals surface area contributed by atoms with E-state index in [4.69, 9.17) is 4.74 Å². The Bertz CT molecular complexity index is 697. The molecule has 1 aromatic carbocycles. The van der Waals surface area contributed by atoms with Gasteiger partial charge in [-0.15, -0.1) is 0 Å². The number of rotatable bonds is 4. The van der Waals surface area contributed by atoms with E-state index in [1.165, 1.54) is 5.69 Å². The zero-order valence-corrected chi connectivity index (χ0v) is 14.1. The van der Waals surface area contributed by atoms with Crippen molar-refractivity contribution in [1.29, 1.82) is 0 Å². The quantitative estimate of drug-likeness (QED) is 0.804. The molecule has 0 saturated carbocycles. The van der Waals surface area contributed by atoms with Crippen LogP contribution in [0.1, 0.15) is 23.0 Å². The van der Waals surface area contributed by atoms with Gasteiger partial charge in [-0.3, -0.25) is 0 Å². The van der Waals surface area contributed by atoms with Gasteiger partial charge in [-0.25, -0.2) is 14.8 Å². The summed E-state index contributed by atoms with van der Waals surface area (Å²) < 4.78 is 5.02. The summed E-state index contributed by atoms with van der Waals surface area (Å²) in [6.07, 6.45) is 1.57. The number of para-hydroxylation sites is 1. The lowest BCUT2D eigenvalue weighted by molar-refractivity contribution is 0.0524. The molecule has 1 aliphatic heterocycles. The van der Waals surface area contributed by atoms with Gasteiger partial charge < -0.3 is 14.5 Å². The Hall–Kier alpha value is -2.63. The maximum Gasteiger partial charge on any atom is 0.341 e. The smallest absolute Gasteiger partial charge is 0.341 e. The number of hydrogen-bond donors (Lipinski definition) is 0. The highest BCUT2D eigenvalue weighted by Crippen LogP contribution is 2.18. The van der Waals surface area contributed by atoms with Crippen molar-refractivity contribution in [3.63, 3.8) is 0 Å². The van der Waals surface area contributed by atoms with Gasteiger partial charge in [0.25, 0.3) is 0 Å². The molecule has 0 radical (unpaired) electrons. The zero-order valence-electron chi connectivity index (χ0n) is 14.1. The molecule has 1 fully saturated rings. The summed E-state index contributed by atoms with van der Waals surface area (Å²) in [6, 6.07) is 10.4. The van der Waals surface area contributed by atoms with Gasteiger partial charge in [0, 0.05) is 38.1 Å². The zero-order chi connectivity index (χ0) is 16.9. The summed E-state index contributed by atoms with van der Waals surface area (Å²) in [5, 5.41) is 0. The number of carbonyl (C=O) groups excluding carboxylic acids is 1. The van der Waals surface area contributed by atoms with E-state index in [9.17, 15) is 4.79 Å². The van der Waals surface area contributed by atoms with Crippen LogP contribution in [-0.4, -0.2) is 48.7 Å². The van der Waals surface area contributed by atoms with Crippen molar-refractivity contribution in [3.8, 4) is 0 Å². The summed E-state index contributed by atoms with van der Waals surface area (Å²) in [7, 11) is 0. The first-order valence-electron chi connectivity index (χ1n) is 8.24. The number of ether oxygens (including phenoxy) is 1. The minimum atomic E-state index is -0.365. The van der Waals surface area contributed by atoms with Gasteiger partial charge in [0.05, 0.1) is 17.9 Å². The van der Waals surface area contributed by atoms with E-state index in [-0.39, 0.29) is 5.97 Å². The number of hydrogen-bond acceptors (Lipinski definition) is 6. The Morgan fingerprint density at radius 1 is 1.12 bits per heavy atom. The predicted octanol–water partition coefficient (Wildman–Crippen LogP) is 2.29. The molecule has 126 valence electrons. The summed E-state index contributed by atoms with van der Waals surface area (Å²) in [6.45, 7) is 7.51. The molecule has 0 unspecified atom stereocenters. The second kappa shape index (κ2) is 7.29. The third kappa shape index (κ3) is 3.48. The fraction of sp³-hybridized carbons (Fsp3) is 0.389. The van der Waals surface area contributed by atoms with E-state index >= 15 is 0 Å². The first kappa shape index (κ1) is 16.2. The predicted molar refractivity (Wildman–Crippen MR) is 93.6 cm³/mol. The number of benzene rings is 1. The van der Waals surface area contributed by atoms with Crippen LogP contribution in [-0.2, 0) is 4.74 Å². The molecular weight excluding hydrogens is 304 g/mol. The van der Waals surface area contributed by atoms with Gasteiger partial charge in [0.1, 0.15) is 0 Å². The monoisotopic (exact) mass is 326 g/mol. The Balaban J connectivity index is 1.66. The first-order chi connectivity index (χ1) is 11.7. The molecule has 0 aliphatic carbocycles. The fourth-order valence-corrected chi connectivity index (χ4v) is 2.82. The van der Waals surface area contributed by atoms with E-state index in [2.05, 4.69) is 44.0 Å². The van der Waals surface area contributed by atoms with E-state index in [1.807, 2.05) is 13.0 Å². The van der Waals surface area contributed by atoms with E-state index in [1.54, 1.807) is 13.1 Å². The lowest BCUT2D eigenvalue weighted by atomic mass is 10.2. The minimum absolute atomic E-state index is 0.349. The number of carbonyl (C=O) groups is 1. The van der Waals surface area contributed by atoms with Gasteiger partial charge in [-0.1, -0.05) is 18.2 Å². The number of aromatic nitrogens is 2. The number of anilines is 2. The lowest BCUT2D eigenvalue weighted by Gasteiger charge is -2.36. The average molecular weight is 326 g/mol. The van der Waals surface area contributed by atoms with E-state index in [0.29, 0.717) is 23.8 Å². The molecule has 1 aliphatic rings. The highest BCUT2D eigenvalue weighted by molar-refractivity contribution is 5.90. The van der Waals surface area contributed by atoms with Crippen molar-refractivity contribution in [2.75, 3.05) is 42.6 Å². The maximum atomic E-state index is 11.8. The minimum Gasteiger partial charge on any atom is -0.462 e. The Kier molecular flexibility index (Phi) is 4.93. The highest BCUT2D eigenvalue weighted by Gasteiger charge is 2.21. The van der Waals surface area contributed by atoms with Gasteiger partial charge in [0.15, 0.2) is 0 Å². The lowest BCUT2D eigenvalue weighted by Crippen LogP contribution is -2.47. The standard InChI is InChI=1S/C18H22N4O2/c1-3-24-17(23)16-13-19-18(20-14(16)2)22-11-9-21(10-12-22)15-7-5-4-6-8-15/h4-8,13H,3,9-12H2,1-2H3. The third-order valence-corrected chi connectivity index (χ3v) is 4.15. The van der Waals surface area contributed by atoms with Crippen LogP contribution in [0.3, 0.4) is 0 Å². The molecule has 3 rings (SSSR count). The van der Waals surface area contributed by atoms with Crippen LogP contribution < -0.4 is 9.80 Å². The second-order valence-corrected chi connectivity index (χ2v) is 5.70. The van der Waals surface area contributed by atoms with E-state index < -0.39 is 0 Å². The summed E-state index contributed by atoms with van der Waals surface area (Å²) in [5.41, 5.74) is 2.33. The number of piperazine rings is 1. The van der Waals surface area contributed by atoms with Gasteiger partial charge >= 0.3 is 5.97 Å². The van der Waals surface area contributed by atoms with Crippen molar-refractivity contribution >= 4 is 17.6 Å². The highest BCUT2D eigenvalue weighted by atomic mass is 16.5. The van der Waals surface area contributed by atoms with Crippen LogP contribution in [0, 0.1) is 6.92 Å². The average Bonchev–Trinajstić information content (AvgIpc) is 2.62. The van der Waals surface area contributed by atoms with Gasteiger partial charge in [-0.2, -0.15) is 0 Å². The number of nitrogens with zero attached hydrogens (tertiary/aromatic N) is 4. The summed E-state index contributed by atoms with van der Waals surface area (Å²) in [5.74, 6) is 0.309. The van der Waals surface area contributed by atoms with Crippen LogP contribution in [0.4, 0.5) is 11.6 Å². The molecule has 0 N–H and O–H groups in total. The van der Waals surface area contributed by atoms with Crippen LogP contribution >= 0.6 is 0 Å². The fourth-order valence-electron chi connectivity index (χ4n) is 2.82. The maximum absolute atomic E-state index is 11.8. The van der Waals surface area contributed by atoms with E-state index in [0.717, 1.165) is 26.2 Å². The normalized spacial score (nSPS) is 14.6. The van der Waals surface area contributed by atoms with Crippen molar-refractivity contribution in [2.24, 2.45) is 0 Å². The molecule has 6 nitrogen and oxygen atoms in total. The van der Waals surface area contributed by atoms with Crippen LogP contribution in [0.25, 0.3) is 0 Å². The van der Waals surface area contributed by atoms with Gasteiger partial charge in [-0.05, 0) is 26.0 Å². The summed E-state index contributed by atoms with van der Waals surface area (Å²) in [4.78, 5) is 25.2. The summed E-state index contributed by atoms with van der Waals surface area (Å²) >= 11 is 0. The Morgan fingerprint density at radius 3 is 2.42 bits per heavy atom. The molecule has 1 aromatic heterocycles. The first-order valence-corrected chi connectivity index (χ1v) is 8.24. The van der Waals surface area contributed by atoms with Crippen molar-refractivity contribution in [3.05, 3.63) is 47.8 Å². The molecule has 0 spiro atoms.